The third-order valence-electron chi connectivity index (χ3n) is 4.52. The number of rotatable bonds is 7. The van der Waals surface area contributed by atoms with Gasteiger partial charge in [0.15, 0.2) is 0 Å². The molecule has 1 unspecified atom stereocenters. The molecule has 0 aromatic carbocycles. The van der Waals surface area contributed by atoms with Gasteiger partial charge in [-0.1, -0.05) is 13.8 Å². The highest BCUT2D eigenvalue weighted by Gasteiger charge is 2.21. The molecule has 0 aliphatic carbocycles. The Balaban J connectivity index is 1.79. The number of aliphatic hydroxyl groups is 1. The molecular formula is C19H32N4O2. The first kappa shape index (κ1) is 19.5. The zero-order valence-corrected chi connectivity index (χ0v) is 15.7. The van der Waals surface area contributed by atoms with E-state index in [2.05, 4.69) is 26.6 Å². The van der Waals surface area contributed by atoms with Crippen molar-refractivity contribution in [3.8, 4) is 0 Å². The standard InChI is InChI=1S/C19H32N4O2/c1-15(24)12-19(2,3)14-22-18(25)21-13-16-7-8-20-17(11-16)23-9-5-4-6-10-23/h7-8,11,15,24H,4-6,9-10,12-14H2,1-3H3,(H2,21,22,25). The van der Waals surface area contributed by atoms with E-state index in [0.29, 0.717) is 19.5 Å². The molecule has 0 radical (unpaired) electrons. The Hall–Kier alpha value is -1.82. The molecule has 1 aliphatic heterocycles. The number of hydrogen-bond donors (Lipinski definition) is 3. The van der Waals surface area contributed by atoms with Crippen LogP contribution in [0.2, 0.25) is 0 Å². The average Bonchev–Trinajstić information content (AvgIpc) is 2.58. The Morgan fingerprint density at radius 1 is 1.32 bits per heavy atom. The molecule has 1 aliphatic rings. The van der Waals surface area contributed by atoms with Crippen molar-refractivity contribution in [2.24, 2.45) is 5.41 Å². The third kappa shape index (κ3) is 6.90. The molecule has 6 nitrogen and oxygen atoms in total. The number of urea groups is 1. The fraction of sp³-hybridized carbons (Fsp3) is 0.684. The predicted molar refractivity (Wildman–Crippen MR) is 101 cm³/mol. The summed E-state index contributed by atoms with van der Waals surface area (Å²) in [6.07, 6.45) is 5.82. The van der Waals surface area contributed by atoms with Gasteiger partial charge in [-0.3, -0.25) is 0 Å². The second-order valence-corrected chi connectivity index (χ2v) is 7.82. The molecule has 0 bridgehead atoms. The van der Waals surface area contributed by atoms with Gasteiger partial charge in [0.2, 0.25) is 0 Å². The zero-order valence-electron chi connectivity index (χ0n) is 15.7. The molecule has 1 atom stereocenters. The van der Waals surface area contributed by atoms with Gasteiger partial charge < -0.3 is 20.6 Å². The third-order valence-corrected chi connectivity index (χ3v) is 4.52. The first-order chi connectivity index (χ1) is 11.9. The Morgan fingerprint density at radius 2 is 2.04 bits per heavy atom. The molecule has 0 spiro atoms. The van der Waals surface area contributed by atoms with Crippen LogP contribution in [0, 0.1) is 5.41 Å². The van der Waals surface area contributed by atoms with Gasteiger partial charge in [-0.2, -0.15) is 0 Å². The first-order valence-electron chi connectivity index (χ1n) is 9.25. The van der Waals surface area contributed by atoms with E-state index >= 15 is 0 Å². The molecule has 1 aromatic heterocycles. The number of pyridine rings is 1. The van der Waals surface area contributed by atoms with Crippen LogP contribution in [0.5, 0.6) is 0 Å². The fourth-order valence-electron chi connectivity index (χ4n) is 3.30. The summed E-state index contributed by atoms with van der Waals surface area (Å²) >= 11 is 0. The van der Waals surface area contributed by atoms with Crippen molar-refractivity contribution in [3.05, 3.63) is 23.9 Å². The summed E-state index contributed by atoms with van der Waals surface area (Å²) in [6, 6.07) is 3.81. The van der Waals surface area contributed by atoms with E-state index < -0.39 is 0 Å². The molecule has 0 saturated carbocycles. The summed E-state index contributed by atoms with van der Waals surface area (Å²) < 4.78 is 0. The number of carbonyl (C=O) groups excluding carboxylic acids is 1. The van der Waals surface area contributed by atoms with E-state index in [1.165, 1.54) is 19.3 Å². The molecule has 2 rings (SSSR count). The SMILES string of the molecule is CC(O)CC(C)(C)CNC(=O)NCc1ccnc(N2CCCCC2)c1. The van der Waals surface area contributed by atoms with E-state index in [1.807, 2.05) is 26.1 Å². The molecule has 1 fully saturated rings. The number of hydrogen-bond acceptors (Lipinski definition) is 4. The summed E-state index contributed by atoms with van der Waals surface area (Å²) in [5.74, 6) is 0.998. The van der Waals surface area contributed by atoms with Crippen LogP contribution in [0.4, 0.5) is 10.6 Å². The number of piperidine rings is 1. The molecule has 2 heterocycles. The lowest BCUT2D eigenvalue weighted by molar-refractivity contribution is 0.129. The zero-order chi connectivity index (χ0) is 18.3. The predicted octanol–water partition coefficient (Wildman–Crippen LogP) is 2.67. The van der Waals surface area contributed by atoms with Crippen molar-refractivity contribution in [1.29, 1.82) is 0 Å². The van der Waals surface area contributed by atoms with Crippen LogP contribution < -0.4 is 15.5 Å². The second kappa shape index (κ2) is 9.04. The van der Waals surface area contributed by atoms with Gasteiger partial charge in [0.1, 0.15) is 5.82 Å². The van der Waals surface area contributed by atoms with Gasteiger partial charge in [-0.25, -0.2) is 9.78 Å². The van der Waals surface area contributed by atoms with Crippen LogP contribution in [0.3, 0.4) is 0 Å². The topological polar surface area (TPSA) is 77.5 Å². The van der Waals surface area contributed by atoms with Crippen LogP contribution in [-0.2, 0) is 6.54 Å². The highest BCUT2D eigenvalue weighted by atomic mass is 16.3. The van der Waals surface area contributed by atoms with Gasteiger partial charge in [-0.15, -0.1) is 0 Å². The summed E-state index contributed by atoms with van der Waals surface area (Å²) in [4.78, 5) is 18.8. The first-order valence-corrected chi connectivity index (χ1v) is 9.25. The lowest BCUT2D eigenvalue weighted by Gasteiger charge is -2.28. The number of carbonyl (C=O) groups is 1. The Bertz CT molecular complexity index is 554. The normalized spacial score (nSPS) is 16.4. The number of aliphatic hydroxyl groups excluding tert-OH is 1. The maximum atomic E-state index is 12.0. The molecule has 3 N–H and O–H groups in total. The van der Waals surface area contributed by atoms with Crippen LogP contribution in [0.25, 0.3) is 0 Å². The molecule has 140 valence electrons. The molecule has 2 amide bonds. The maximum Gasteiger partial charge on any atom is 0.315 e. The summed E-state index contributed by atoms with van der Waals surface area (Å²) in [5, 5.41) is 15.3. The number of aromatic nitrogens is 1. The highest BCUT2D eigenvalue weighted by Crippen LogP contribution is 2.21. The fourth-order valence-corrected chi connectivity index (χ4v) is 3.30. The Kier molecular flexibility index (Phi) is 7.05. The Morgan fingerprint density at radius 3 is 2.72 bits per heavy atom. The van der Waals surface area contributed by atoms with Gasteiger partial charge >= 0.3 is 6.03 Å². The van der Waals surface area contributed by atoms with E-state index in [0.717, 1.165) is 24.5 Å². The molecule has 6 heteroatoms. The summed E-state index contributed by atoms with van der Waals surface area (Å²) in [5.41, 5.74) is 0.915. The number of nitrogens with one attached hydrogen (secondary N) is 2. The van der Waals surface area contributed by atoms with E-state index in [9.17, 15) is 9.90 Å². The number of nitrogens with zero attached hydrogens (tertiary/aromatic N) is 2. The largest absolute Gasteiger partial charge is 0.393 e. The number of amides is 2. The van der Waals surface area contributed by atoms with Gasteiger partial charge in [0, 0.05) is 32.4 Å². The molecular weight excluding hydrogens is 316 g/mol. The van der Waals surface area contributed by atoms with Gasteiger partial charge in [0.25, 0.3) is 0 Å². The van der Waals surface area contributed by atoms with Gasteiger partial charge in [-0.05, 0) is 55.7 Å². The lowest BCUT2D eigenvalue weighted by atomic mass is 9.87. The van der Waals surface area contributed by atoms with Crippen molar-refractivity contribution in [2.45, 2.75) is 59.1 Å². The lowest BCUT2D eigenvalue weighted by Crippen LogP contribution is -2.41. The van der Waals surface area contributed by atoms with Crippen LogP contribution in [0.1, 0.15) is 52.0 Å². The quantitative estimate of drug-likeness (QED) is 0.708. The highest BCUT2D eigenvalue weighted by molar-refractivity contribution is 5.73. The molecule has 25 heavy (non-hydrogen) atoms. The van der Waals surface area contributed by atoms with Crippen molar-refractivity contribution >= 4 is 11.8 Å². The minimum atomic E-state index is -0.370. The second-order valence-electron chi connectivity index (χ2n) is 7.82. The smallest absolute Gasteiger partial charge is 0.315 e. The monoisotopic (exact) mass is 348 g/mol. The maximum absolute atomic E-state index is 12.0. The minimum Gasteiger partial charge on any atom is -0.393 e. The molecule has 1 saturated heterocycles. The van der Waals surface area contributed by atoms with E-state index in [-0.39, 0.29) is 17.6 Å². The summed E-state index contributed by atoms with van der Waals surface area (Å²) in [7, 11) is 0. The van der Waals surface area contributed by atoms with Crippen molar-refractivity contribution < 1.29 is 9.90 Å². The van der Waals surface area contributed by atoms with E-state index in [4.69, 9.17) is 0 Å². The van der Waals surface area contributed by atoms with Crippen LogP contribution >= 0.6 is 0 Å². The molecule has 1 aromatic rings. The number of anilines is 1. The van der Waals surface area contributed by atoms with Crippen molar-refractivity contribution in [1.82, 2.24) is 15.6 Å². The summed E-state index contributed by atoms with van der Waals surface area (Å²) in [6.45, 7) is 8.96. The average molecular weight is 348 g/mol. The van der Waals surface area contributed by atoms with Gasteiger partial charge in [0.05, 0.1) is 6.10 Å². The Labute approximate surface area is 151 Å². The van der Waals surface area contributed by atoms with Crippen LogP contribution in [0.15, 0.2) is 18.3 Å². The van der Waals surface area contributed by atoms with Crippen molar-refractivity contribution in [2.75, 3.05) is 24.5 Å². The van der Waals surface area contributed by atoms with E-state index in [1.54, 1.807) is 6.92 Å². The van der Waals surface area contributed by atoms with Crippen molar-refractivity contribution in [3.63, 3.8) is 0 Å². The van der Waals surface area contributed by atoms with Crippen LogP contribution in [-0.4, -0.2) is 41.9 Å². The minimum absolute atomic E-state index is 0.135.